The molecule has 1 aromatic heterocycles. The van der Waals surface area contributed by atoms with Crippen LogP contribution in [0.5, 0.6) is 0 Å². The predicted octanol–water partition coefficient (Wildman–Crippen LogP) is 4.36. The summed E-state index contributed by atoms with van der Waals surface area (Å²) in [6, 6.07) is 12.0. The summed E-state index contributed by atoms with van der Waals surface area (Å²) >= 11 is 1.74. The summed E-state index contributed by atoms with van der Waals surface area (Å²) < 4.78 is 13.1. The van der Waals surface area contributed by atoms with E-state index < -0.39 is 5.82 Å². The fourth-order valence-corrected chi connectivity index (χ4v) is 4.68. The Kier molecular flexibility index (Phi) is 5.81. The van der Waals surface area contributed by atoms with Crippen LogP contribution in [0.1, 0.15) is 54.7 Å². The van der Waals surface area contributed by atoms with E-state index >= 15 is 0 Å². The molecule has 2 aromatic carbocycles. The van der Waals surface area contributed by atoms with Crippen molar-refractivity contribution in [2.45, 2.75) is 32.1 Å². The largest absolute Gasteiger partial charge is 0.352 e. The number of halogens is 1. The smallest absolute Gasteiger partial charge is 0.252 e. The molecule has 1 heterocycles. The van der Waals surface area contributed by atoms with E-state index in [9.17, 15) is 14.0 Å². The van der Waals surface area contributed by atoms with Crippen molar-refractivity contribution in [3.63, 3.8) is 0 Å². The average Bonchev–Trinajstić information content (AvgIpc) is 3.16. The number of amides is 1. The molecule has 1 amide bonds. The van der Waals surface area contributed by atoms with Gasteiger partial charge in [-0.2, -0.15) is 0 Å². The van der Waals surface area contributed by atoms with E-state index in [0.29, 0.717) is 29.7 Å². The van der Waals surface area contributed by atoms with Crippen molar-refractivity contribution in [2.24, 2.45) is 0 Å². The Labute approximate surface area is 172 Å². The normalized spacial score (nSPS) is 13.0. The highest BCUT2D eigenvalue weighted by molar-refractivity contribution is 7.11. The first-order valence-corrected chi connectivity index (χ1v) is 10.6. The summed E-state index contributed by atoms with van der Waals surface area (Å²) in [6.45, 7) is 0.463. The number of nitrogens with zero attached hydrogens (tertiary/aromatic N) is 1. The fourth-order valence-electron chi connectivity index (χ4n) is 3.53. The van der Waals surface area contributed by atoms with Crippen LogP contribution in [-0.4, -0.2) is 23.2 Å². The predicted molar refractivity (Wildman–Crippen MR) is 111 cm³/mol. The first-order chi connectivity index (χ1) is 14.1. The van der Waals surface area contributed by atoms with E-state index in [2.05, 4.69) is 5.32 Å². The second kappa shape index (κ2) is 8.66. The zero-order valence-electron chi connectivity index (χ0n) is 15.9. The van der Waals surface area contributed by atoms with Gasteiger partial charge in [-0.25, -0.2) is 9.37 Å². The highest BCUT2D eigenvalue weighted by Crippen LogP contribution is 2.26. The number of hydrogen-bond donors (Lipinski definition) is 1. The maximum atomic E-state index is 13.1. The first-order valence-electron chi connectivity index (χ1n) is 9.77. The molecule has 29 heavy (non-hydrogen) atoms. The number of aromatic nitrogens is 1. The number of thiazole rings is 1. The van der Waals surface area contributed by atoms with Gasteiger partial charge in [0.1, 0.15) is 5.82 Å². The van der Waals surface area contributed by atoms with Gasteiger partial charge in [0.25, 0.3) is 5.91 Å². The highest BCUT2D eigenvalue weighted by atomic mass is 32.1. The number of hydrogen-bond acceptors (Lipinski definition) is 4. The maximum absolute atomic E-state index is 13.1. The third kappa shape index (κ3) is 4.43. The van der Waals surface area contributed by atoms with E-state index in [1.807, 2.05) is 0 Å². The standard InChI is InChI=1S/C23H21FN2O2S/c24-16-11-9-15(10-12-16)22(27)17-5-1-2-6-18(17)23(28)25-14-13-21-26-19-7-3-4-8-20(19)29-21/h1-2,5-6,9-12H,3-4,7-8,13-14H2,(H,25,28). The molecule has 0 bridgehead atoms. The van der Waals surface area contributed by atoms with Gasteiger partial charge in [-0.3, -0.25) is 9.59 Å². The molecule has 1 aliphatic rings. The number of fused-ring (bicyclic) bond motifs is 1. The lowest BCUT2D eigenvalue weighted by atomic mass is 9.98. The Hall–Kier alpha value is -2.86. The van der Waals surface area contributed by atoms with Crippen molar-refractivity contribution in [2.75, 3.05) is 6.54 Å². The lowest BCUT2D eigenvalue weighted by Crippen LogP contribution is -2.27. The van der Waals surface area contributed by atoms with Crippen molar-refractivity contribution in [1.82, 2.24) is 10.3 Å². The topological polar surface area (TPSA) is 59.1 Å². The van der Waals surface area contributed by atoms with Gasteiger partial charge in [-0.05, 0) is 56.0 Å². The Morgan fingerprint density at radius 1 is 1.00 bits per heavy atom. The highest BCUT2D eigenvalue weighted by Gasteiger charge is 2.19. The van der Waals surface area contributed by atoms with Gasteiger partial charge >= 0.3 is 0 Å². The number of carbonyl (C=O) groups is 2. The van der Waals surface area contributed by atoms with Gasteiger partial charge in [-0.1, -0.05) is 18.2 Å². The van der Waals surface area contributed by atoms with Gasteiger partial charge < -0.3 is 5.32 Å². The molecule has 0 aliphatic heterocycles. The second-order valence-electron chi connectivity index (χ2n) is 7.07. The Morgan fingerprint density at radius 3 is 2.48 bits per heavy atom. The molecule has 3 aromatic rings. The molecule has 4 nitrogen and oxygen atoms in total. The second-order valence-corrected chi connectivity index (χ2v) is 8.24. The Balaban J connectivity index is 1.43. The van der Waals surface area contributed by atoms with Crippen LogP contribution in [0.25, 0.3) is 0 Å². The van der Waals surface area contributed by atoms with Crippen molar-refractivity contribution in [3.8, 4) is 0 Å². The van der Waals surface area contributed by atoms with Crippen LogP contribution in [0.15, 0.2) is 48.5 Å². The molecule has 0 radical (unpaired) electrons. The maximum Gasteiger partial charge on any atom is 0.252 e. The molecule has 0 fully saturated rings. The average molecular weight is 408 g/mol. The van der Waals surface area contributed by atoms with Gasteiger partial charge in [0, 0.05) is 29.0 Å². The van der Waals surface area contributed by atoms with Crippen LogP contribution in [-0.2, 0) is 19.3 Å². The number of ketones is 1. The van der Waals surface area contributed by atoms with Crippen LogP contribution in [0.3, 0.4) is 0 Å². The van der Waals surface area contributed by atoms with E-state index in [1.54, 1.807) is 35.6 Å². The third-order valence-electron chi connectivity index (χ3n) is 5.04. The molecule has 6 heteroatoms. The van der Waals surface area contributed by atoms with Crippen LogP contribution in [0.4, 0.5) is 4.39 Å². The summed E-state index contributed by atoms with van der Waals surface area (Å²) in [5.74, 6) is -1.00. The van der Waals surface area contributed by atoms with E-state index in [-0.39, 0.29) is 11.7 Å². The molecule has 0 atom stereocenters. The van der Waals surface area contributed by atoms with Crippen molar-refractivity contribution in [3.05, 3.63) is 86.6 Å². The monoisotopic (exact) mass is 408 g/mol. The molecular weight excluding hydrogens is 387 g/mol. The van der Waals surface area contributed by atoms with E-state index in [4.69, 9.17) is 4.98 Å². The SMILES string of the molecule is O=C(NCCc1nc2c(s1)CCCC2)c1ccccc1C(=O)c1ccc(F)cc1. The minimum Gasteiger partial charge on any atom is -0.352 e. The number of nitrogens with one attached hydrogen (secondary N) is 1. The first kappa shape index (κ1) is 19.5. The molecule has 1 aliphatic carbocycles. The van der Waals surface area contributed by atoms with E-state index in [1.165, 1.54) is 47.7 Å². The fraction of sp³-hybridized carbons (Fsp3) is 0.261. The molecule has 0 unspecified atom stereocenters. The molecule has 1 N–H and O–H groups in total. The zero-order chi connectivity index (χ0) is 20.2. The lowest BCUT2D eigenvalue weighted by molar-refractivity contribution is 0.0942. The summed E-state index contributed by atoms with van der Waals surface area (Å²) in [4.78, 5) is 31.6. The van der Waals surface area contributed by atoms with Crippen molar-refractivity contribution < 1.29 is 14.0 Å². The van der Waals surface area contributed by atoms with Gasteiger partial charge in [-0.15, -0.1) is 11.3 Å². The van der Waals surface area contributed by atoms with Crippen molar-refractivity contribution >= 4 is 23.0 Å². The Morgan fingerprint density at radius 2 is 1.72 bits per heavy atom. The van der Waals surface area contributed by atoms with Crippen LogP contribution >= 0.6 is 11.3 Å². The molecular formula is C23H21FN2O2S. The minimum atomic E-state index is -0.406. The van der Waals surface area contributed by atoms with Gasteiger partial charge in [0.2, 0.25) is 0 Å². The van der Waals surface area contributed by atoms with Crippen molar-refractivity contribution in [1.29, 1.82) is 0 Å². The van der Waals surface area contributed by atoms with Gasteiger partial charge in [0.15, 0.2) is 5.78 Å². The van der Waals surface area contributed by atoms with E-state index in [0.717, 1.165) is 17.8 Å². The summed E-state index contributed by atoms with van der Waals surface area (Å²) in [7, 11) is 0. The molecule has 0 saturated heterocycles. The summed E-state index contributed by atoms with van der Waals surface area (Å²) in [5, 5.41) is 3.95. The summed E-state index contributed by atoms with van der Waals surface area (Å²) in [5.41, 5.74) is 2.19. The number of rotatable bonds is 6. The molecule has 0 spiro atoms. The number of benzene rings is 2. The number of carbonyl (C=O) groups excluding carboxylic acids is 2. The van der Waals surface area contributed by atoms with Crippen LogP contribution in [0.2, 0.25) is 0 Å². The van der Waals surface area contributed by atoms with Crippen LogP contribution in [0, 0.1) is 5.82 Å². The minimum absolute atomic E-state index is 0.294. The lowest BCUT2D eigenvalue weighted by Gasteiger charge is -2.09. The quantitative estimate of drug-likeness (QED) is 0.617. The van der Waals surface area contributed by atoms with Gasteiger partial charge in [0.05, 0.1) is 16.3 Å². The third-order valence-corrected chi connectivity index (χ3v) is 6.25. The molecule has 148 valence electrons. The molecule has 4 rings (SSSR count). The number of aryl methyl sites for hydroxylation is 2. The summed E-state index contributed by atoms with van der Waals surface area (Å²) in [6.07, 6.45) is 5.27. The van der Waals surface area contributed by atoms with Crippen LogP contribution < -0.4 is 5.32 Å². The Bertz CT molecular complexity index is 1020. The zero-order valence-corrected chi connectivity index (χ0v) is 16.7. The molecule has 0 saturated carbocycles.